The van der Waals surface area contributed by atoms with Crippen LogP contribution in [-0.2, 0) is 6.61 Å². The molecule has 0 atom stereocenters. The molecule has 0 unspecified atom stereocenters. The van der Waals surface area contributed by atoms with Crippen molar-refractivity contribution in [3.63, 3.8) is 0 Å². The number of halogens is 2. The van der Waals surface area contributed by atoms with Gasteiger partial charge < -0.3 is 14.7 Å². The van der Waals surface area contributed by atoms with Crippen LogP contribution < -0.4 is 4.74 Å². The highest BCUT2D eigenvalue weighted by Crippen LogP contribution is 2.26. The molecule has 5 aromatic rings. The number of carbonyl (C=O) groups excluding carboxylic acids is 1. The molecule has 3 aromatic heterocycles. The van der Waals surface area contributed by atoms with E-state index in [1.54, 1.807) is 18.3 Å². The molecule has 0 bridgehead atoms. The second kappa shape index (κ2) is 7.07. The van der Waals surface area contributed by atoms with Crippen molar-refractivity contribution in [3.05, 3.63) is 89.5 Å². The minimum Gasteiger partial charge on any atom is -0.483 e. The van der Waals surface area contributed by atoms with Crippen LogP contribution in [0.25, 0.3) is 22.1 Å². The third kappa shape index (κ3) is 3.08. The van der Waals surface area contributed by atoms with Gasteiger partial charge in [-0.2, -0.15) is 0 Å². The van der Waals surface area contributed by atoms with Crippen molar-refractivity contribution >= 4 is 27.9 Å². The Morgan fingerprint density at radius 1 is 1.03 bits per heavy atom. The Labute approximate surface area is 168 Å². The van der Waals surface area contributed by atoms with Crippen LogP contribution in [0.2, 0.25) is 0 Å². The van der Waals surface area contributed by atoms with Gasteiger partial charge in [0.05, 0.1) is 16.6 Å². The van der Waals surface area contributed by atoms with Crippen LogP contribution in [0, 0.1) is 11.6 Å². The quantitative estimate of drug-likeness (QED) is 0.422. The average Bonchev–Trinajstić information content (AvgIpc) is 3.37. The van der Waals surface area contributed by atoms with Crippen molar-refractivity contribution in [1.82, 2.24) is 19.9 Å². The lowest BCUT2D eigenvalue weighted by Crippen LogP contribution is -2.07. The number of aromatic nitrogens is 4. The summed E-state index contributed by atoms with van der Waals surface area (Å²) in [5.74, 6) is -2.19. The Bertz CT molecular complexity index is 1370. The monoisotopic (exact) mass is 404 g/mol. The summed E-state index contributed by atoms with van der Waals surface area (Å²) in [6.45, 7) is -0.0769. The molecule has 148 valence electrons. The molecule has 0 saturated heterocycles. The zero-order chi connectivity index (χ0) is 20.7. The van der Waals surface area contributed by atoms with E-state index in [9.17, 15) is 13.6 Å². The van der Waals surface area contributed by atoms with E-state index in [1.807, 2.05) is 24.3 Å². The van der Waals surface area contributed by atoms with Crippen LogP contribution in [0.3, 0.4) is 0 Å². The smallest absolute Gasteiger partial charge is 0.198 e. The molecule has 5 rings (SSSR count). The second-order valence-corrected chi connectivity index (χ2v) is 6.68. The molecule has 0 amide bonds. The third-order valence-corrected chi connectivity index (χ3v) is 4.76. The summed E-state index contributed by atoms with van der Waals surface area (Å²) in [5, 5.41) is 0.535. The molecule has 0 radical (unpaired) electrons. The molecule has 0 aliphatic heterocycles. The highest BCUT2D eigenvalue weighted by atomic mass is 19.1. The van der Waals surface area contributed by atoms with E-state index < -0.39 is 17.4 Å². The summed E-state index contributed by atoms with van der Waals surface area (Å²) in [7, 11) is 0. The molecule has 30 heavy (non-hydrogen) atoms. The summed E-state index contributed by atoms with van der Waals surface area (Å²) < 4.78 is 34.6. The van der Waals surface area contributed by atoms with Gasteiger partial charge in [0.2, 0.25) is 0 Å². The fourth-order valence-electron chi connectivity index (χ4n) is 3.32. The molecule has 0 fully saturated rings. The Kier molecular flexibility index (Phi) is 4.24. The molecule has 8 heteroatoms. The number of ketones is 1. The second-order valence-electron chi connectivity index (χ2n) is 6.68. The molecular formula is C22H14F2N4O2. The standard InChI is InChI=1S/C22H14F2N4O2/c23-15-9-19(30-11-20-27-17-5-1-2-6-18(17)28-20)16(24)8-13(15)21(29)14-10-26-22-12(14)4-3-7-25-22/h1-10H,11H2,(H,25,26)(H,27,28). The van der Waals surface area contributed by atoms with Gasteiger partial charge in [-0.25, -0.2) is 18.7 Å². The van der Waals surface area contributed by atoms with Crippen LogP contribution in [0.5, 0.6) is 5.75 Å². The molecule has 0 saturated carbocycles. The number of nitrogens with one attached hydrogen (secondary N) is 2. The van der Waals surface area contributed by atoms with Crippen molar-refractivity contribution in [2.45, 2.75) is 6.61 Å². The van der Waals surface area contributed by atoms with E-state index in [0.717, 1.165) is 23.2 Å². The normalized spacial score (nSPS) is 11.3. The molecule has 6 nitrogen and oxygen atoms in total. The van der Waals surface area contributed by atoms with Crippen molar-refractivity contribution in [2.75, 3.05) is 0 Å². The number of fused-ring (bicyclic) bond motifs is 2. The lowest BCUT2D eigenvalue weighted by molar-refractivity contribution is 0.103. The van der Waals surface area contributed by atoms with E-state index in [1.165, 1.54) is 6.20 Å². The Hall–Kier alpha value is -4.07. The first-order valence-corrected chi connectivity index (χ1v) is 9.12. The number of nitrogens with zero attached hydrogens (tertiary/aromatic N) is 2. The van der Waals surface area contributed by atoms with Crippen molar-refractivity contribution in [1.29, 1.82) is 0 Å². The van der Waals surface area contributed by atoms with E-state index in [0.29, 0.717) is 16.9 Å². The topological polar surface area (TPSA) is 83.7 Å². The number of hydrogen-bond acceptors (Lipinski definition) is 4. The molecule has 2 N–H and O–H groups in total. The minimum absolute atomic E-state index is 0.0769. The summed E-state index contributed by atoms with van der Waals surface area (Å²) in [4.78, 5) is 27.1. The Morgan fingerprint density at radius 3 is 2.77 bits per heavy atom. The fourth-order valence-corrected chi connectivity index (χ4v) is 3.32. The zero-order valence-electron chi connectivity index (χ0n) is 15.4. The summed E-state index contributed by atoms with van der Waals surface area (Å²) >= 11 is 0. The fraction of sp³-hybridized carbons (Fsp3) is 0.0455. The van der Waals surface area contributed by atoms with Gasteiger partial charge >= 0.3 is 0 Å². The predicted molar refractivity (Wildman–Crippen MR) is 106 cm³/mol. The SMILES string of the molecule is O=C(c1cc(F)c(OCc2nc3ccccc3[nH]2)cc1F)c1c[nH]c2ncccc12. The van der Waals surface area contributed by atoms with Crippen LogP contribution in [0.1, 0.15) is 21.7 Å². The van der Waals surface area contributed by atoms with Crippen molar-refractivity contribution in [2.24, 2.45) is 0 Å². The number of pyridine rings is 1. The number of imidazole rings is 1. The largest absolute Gasteiger partial charge is 0.483 e. The number of ether oxygens (including phenoxy) is 1. The highest BCUT2D eigenvalue weighted by Gasteiger charge is 2.21. The van der Waals surface area contributed by atoms with Gasteiger partial charge in [-0.15, -0.1) is 0 Å². The number of aromatic amines is 2. The van der Waals surface area contributed by atoms with Crippen molar-refractivity contribution < 1.29 is 18.3 Å². The number of hydrogen-bond donors (Lipinski definition) is 2. The lowest BCUT2D eigenvalue weighted by Gasteiger charge is -2.08. The number of para-hydroxylation sites is 2. The molecule has 3 heterocycles. The van der Waals surface area contributed by atoms with Gasteiger partial charge in [0.15, 0.2) is 17.3 Å². The highest BCUT2D eigenvalue weighted by molar-refractivity contribution is 6.16. The summed E-state index contributed by atoms with van der Waals surface area (Å²) in [6, 6.07) is 12.5. The maximum absolute atomic E-state index is 14.6. The van der Waals surface area contributed by atoms with Crippen molar-refractivity contribution in [3.8, 4) is 5.75 Å². The van der Waals surface area contributed by atoms with Crippen LogP contribution >= 0.6 is 0 Å². The van der Waals surface area contributed by atoms with Gasteiger partial charge in [-0.3, -0.25) is 4.79 Å². The summed E-state index contributed by atoms with van der Waals surface area (Å²) in [6.07, 6.45) is 3.00. The van der Waals surface area contributed by atoms with Gasteiger partial charge in [0, 0.05) is 29.4 Å². The molecule has 2 aromatic carbocycles. The Balaban J connectivity index is 1.41. The third-order valence-electron chi connectivity index (χ3n) is 4.76. The van der Waals surface area contributed by atoms with Gasteiger partial charge in [-0.1, -0.05) is 12.1 Å². The lowest BCUT2D eigenvalue weighted by atomic mass is 10.0. The van der Waals surface area contributed by atoms with Crippen LogP contribution in [0.4, 0.5) is 8.78 Å². The molecule has 0 aliphatic rings. The van der Waals surface area contributed by atoms with E-state index in [4.69, 9.17) is 4.74 Å². The molecular weight excluding hydrogens is 390 g/mol. The van der Waals surface area contributed by atoms with E-state index >= 15 is 0 Å². The predicted octanol–water partition coefficient (Wildman–Crippen LogP) is 4.53. The first-order valence-electron chi connectivity index (χ1n) is 9.12. The van der Waals surface area contributed by atoms with Crippen LogP contribution in [-0.4, -0.2) is 25.7 Å². The molecule has 0 aliphatic carbocycles. The zero-order valence-corrected chi connectivity index (χ0v) is 15.4. The first-order chi connectivity index (χ1) is 14.6. The van der Waals surface area contributed by atoms with E-state index in [-0.39, 0.29) is 23.5 Å². The van der Waals surface area contributed by atoms with E-state index in [2.05, 4.69) is 19.9 Å². The maximum Gasteiger partial charge on any atom is 0.198 e. The molecule has 0 spiro atoms. The number of H-pyrrole nitrogens is 2. The summed E-state index contributed by atoms with van der Waals surface area (Å²) in [5.41, 5.74) is 1.89. The van der Waals surface area contributed by atoms with Gasteiger partial charge in [0.25, 0.3) is 0 Å². The number of rotatable bonds is 5. The number of carbonyl (C=O) groups is 1. The van der Waals surface area contributed by atoms with Gasteiger partial charge in [0.1, 0.15) is 23.9 Å². The maximum atomic E-state index is 14.6. The number of benzene rings is 2. The van der Waals surface area contributed by atoms with Gasteiger partial charge in [-0.05, 0) is 30.3 Å². The van der Waals surface area contributed by atoms with Crippen LogP contribution in [0.15, 0.2) is 60.9 Å². The minimum atomic E-state index is -0.876. The average molecular weight is 404 g/mol. The Morgan fingerprint density at radius 2 is 1.90 bits per heavy atom. The first kappa shape index (κ1) is 18.0.